The summed E-state index contributed by atoms with van der Waals surface area (Å²) in [6.07, 6.45) is 0.437. The van der Waals surface area contributed by atoms with Gasteiger partial charge in [0.05, 0.1) is 12.4 Å². The molecule has 1 rings (SSSR count). The van der Waals surface area contributed by atoms with Crippen molar-refractivity contribution in [2.24, 2.45) is 5.73 Å². The average molecular weight is 213 g/mol. The van der Waals surface area contributed by atoms with Crippen LogP contribution in [0.2, 0.25) is 5.02 Å². The topological polar surface area (TPSA) is 59.1 Å². The van der Waals surface area contributed by atoms with Crippen LogP contribution in [0.1, 0.15) is 11.1 Å². The van der Waals surface area contributed by atoms with Crippen LogP contribution >= 0.6 is 11.6 Å². The molecule has 0 aromatic heterocycles. The fraction of sp³-hybridized carbons (Fsp3) is 0.300. The first kappa shape index (κ1) is 11.0. The molecule has 0 aliphatic heterocycles. The smallest absolute Gasteiger partial charge is 0.0950 e. The molecule has 14 heavy (non-hydrogen) atoms. The number of benzene rings is 1. The summed E-state index contributed by atoms with van der Waals surface area (Å²) in [5.41, 5.74) is 7.18. The van der Waals surface area contributed by atoms with E-state index < -0.39 is 0 Å². The summed E-state index contributed by atoms with van der Waals surface area (Å²) in [6, 6.07) is 5.61. The van der Waals surface area contributed by atoms with Gasteiger partial charge in [0.25, 0.3) is 0 Å². The lowest BCUT2D eigenvalue weighted by Crippen LogP contribution is -2.12. The molecule has 1 aromatic carbocycles. The highest BCUT2D eigenvalue weighted by atomic mass is 35.5. The van der Waals surface area contributed by atoms with Crippen LogP contribution in [0, 0.1) is 5.41 Å². The number of methoxy groups -OCH3 is 1. The summed E-state index contributed by atoms with van der Waals surface area (Å²) < 4.78 is 4.98. The summed E-state index contributed by atoms with van der Waals surface area (Å²) in [6.45, 7) is 0.499. The number of nitrogens with one attached hydrogen (secondary N) is 1. The molecule has 0 heterocycles. The van der Waals surface area contributed by atoms with Crippen molar-refractivity contribution >= 4 is 17.4 Å². The molecule has 3 N–H and O–H groups in total. The van der Waals surface area contributed by atoms with Gasteiger partial charge in [0.1, 0.15) is 0 Å². The normalized spacial score (nSPS) is 10.1. The molecule has 0 radical (unpaired) electrons. The highest BCUT2D eigenvalue weighted by Gasteiger charge is 2.02. The number of nitrogens with two attached hydrogens (primary N) is 1. The van der Waals surface area contributed by atoms with Gasteiger partial charge in [-0.25, -0.2) is 0 Å². The quantitative estimate of drug-likeness (QED) is 0.592. The molecule has 4 heteroatoms. The lowest BCUT2D eigenvalue weighted by molar-refractivity contribution is 0.185. The number of hydrogen-bond acceptors (Lipinski definition) is 2. The van der Waals surface area contributed by atoms with Gasteiger partial charge >= 0.3 is 0 Å². The molecule has 76 valence electrons. The maximum Gasteiger partial charge on any atom is 0.0950 e. The maximum atomic E-state index is 7.15. The van der Waals surface area contributed by atoms with Crippen LogP contribution in [0.3, 0.4) is 0 Å². The van der Waals surface area contributed by atoms with Crippen molar-refractivity contribution in [1.82, 2.24) is 0 Å². The second kappa shape index (κ2) is 4.98. The van der Waals surface area contributed by atoms with E-state index in [1.165, 1.54) is 0 Å². The third kappa shape index (κ3) is 3.01. The molecule has 0 saturated carbocycles. The minimum atomic E-state index is 0.139. The van der Waals surface area contributed by atoms with Crippen LogP contribution in [0.25, 0.3) is 0 Å². The first-order valence-electron chi connectivity index (χ1n) is 4.22. The molecular weight excluding hydrogens is 200 g/mol. The Morgan fingerprint density at radius 2 is 2.29 bits per heavy atom. The molecule has 0 spiro atoms. The predicted molar refractivity (Wildman–Crippen MR) is 57.8 cm³/mol. The van der Waals surface area contributed by atoms with Crippen LogP contribution in [-0.2, 0) is 17.8 Å². The lowest BCUT2D eigenvalue weighted by Gasteiger charge is -2.05. The van der Waals surface area contributed by atoms with Crippen LogP contribution in [0.15, 0.2) is 18.2 Å². The van der Waals surface area contributed by atoms with Gasteiger partial charge in [0.2, 0.25) is 0 Å². The maximum absolute atomic E-state index is 7.15. The van der Waals surface area contributed by atoms with Crippen molar-refractivity contribution in [2.75, 3.05) is 7.11 Å². The van der Waals surface area contributed by atoms with Crippen molar-refractivity contribution in [3.63, 3.8) is 0 Å². The van der Waals surface area contributed by atoms with Crippen molar-refractivity contribution in [2.45, 2.75) is 13.0 Å². The van der Waals surface area contributed by atoms with Crippen molar-refractivity contribution in [3.05, 3.63) is 34.3 Å². The van der Waals surface area contributed by atoms with E-state index in [9.17, 15) is 0 Å². The number of amidine groups is 1. The van der Waals surface area contributed by atoms with Gasteiger partial charge in [0, 0.05) is 18.6 Å². The molecule has 0 saturated heterocycles. The minimum absolute atomic E-state index is 0.139. The number of hydrogen-bond donors (Lipinski definition) is 2. The van der Waals surface area contributed by atoms with E-state index >= 15 is 0 Å². The molecule has 0 fully saturated rings. The summed E-state index contributed by atoms with van der Waals surface area (Å²) in [5, 5.41) is 7.80. The third-order valence-electron chi connectivity index (χ3n) is 1.81. The second-order valence-electron chi connectivity index (χ2n) is 3.06. The molecule has 0 bridgehead atoms. The Morgan fingerprint density at radius 1 is 1.57 bits per heavy atom. The Balaban J connectivity index is 2.83. The summed E-state index contributed by atoms with van der Waals surface area (Å²) in [5.74, 6) is 0.139. The highest BCUT2D eigenvalue weighted by Crippen LogP contribution is 2.18. The zero-order chi connectivity index (χ0) is 10.6. The lowest BCUT2D eigenvalue weighted by atomic mass is 10.1. The second-order valence-corrected chi connectivity index (χ2v) is 3.47. The Labute approximate surface area is 88.3 Å². The number of rotatable bonds is 4. The van der Waals surface area contributed by atoms with Gasteiger partial charge in [-0.2, -0.15) is 0 Å². The van der Waals surface area contributed by atoms with E-state index in [2.05, 4.69) is 0 Å². The zero-order valence-electron chi connectivity index (χ0n) is 8.01. The molecule has 0 aliphatic rings. The van der Waals surface area contributed by atoms with E-state index in [0.717, 1.165) is 11.1 Å². The minimum Gasteiger partial charge on any atom is -0.387 e. The summed E-state index contributed by atoms with van der Waals surface area (Å²) in [7, 11) is 1.62. The Morgan fingerprint density at radius 3 is 2.79 bits per heavy atom. The van der Waals surface area contributed by atoms with Gasteiger partial charge in [0.15, 0.2) is 0 Å². The SMILES string of the molecule is COCc1ccc(CC(=N)N)cc1Cl. The Kier molecular flexibility index (Phi) is 3.92. The van der Waals surface area contributed by atoms with Gasteiger partial charge in [-0.05, 0) is 17.2 Å². The molecular formula is C10H13ClN2O. The average Bonchev–Trinajstić information content (AvgIpc) is 2.09. The van der Waals surface area contributed by atoms with Crippen LogP contribution in [0.5, 0.6) is 0 Å². The Bertz CT molecular complexity index is 339. The van der Waals surface area contributed by atoms with Gasteiger partial charge in [-0.1, -0.05) is 23.7 Å². The molecule has 0 unspecified atom stereocenters. The van der Waals surface area contributed by atoms with Crippen molar-refractivity contribution in [1.29, 1.82) is 5.41 Å². The molecule has 0 aliphatic carbocycles. The van der Waals surface area contributed by atoms with Crippen LogP contribution in [-0.4, -0.2) is 12.9 Å². The summed E-state index contributed by atoms with van der Waals surface area (Å²) >= 11 is 6.00. The Hall–Kier alpha value is -1.06. The fourth-order valence-electron chi connectivity index (χ4n) is 1.19. The van der Waals surface area contributed by atoms with Crippen LogP contribution < -0.4 is 5.73 Å². The fourth-order valence-corrected chi connectivity index (χ4v) is 1.45. The summed E-state index contributed by atoms with van der Waals surface area (Å²) in [4.78, 5) is 0. The van der Waals surface area contributed by atoms with Crippen LogP contribution in [0.4, 0.5) is 0 Å². The van der Waals surface area contributed by atoms with Crippen molar-refractivity contribution in [3.8, 4) is 0 Å². The first-order valence-corrected chi connectivity index (χ1v) is 4.60. The monoisotopic (exact) mass is 212 g/mol. The number of halogens is 1. The molecule has 1 aromatic rings. The van der Waals surface area contributed by atoms with Gasteiger partial charge < -0.3 is 10.5 Å². The van der Waals surface area contributed by atoms with E-state index in [0.29, 0.717) is 18.1 Å². The predicted octanol–water partition coefficient (Wildman–Crippen LogP) is 1.96. The van der Waals surface area contributed by atoms with E-state index in [-0.39, 0.29) is 5.84 Å². The van der Waals surface area contributed by atoms with E-state index in [4.69, 9.17) is 27.5 Å². The van der Waals surface area contributed by atoms with Gasteiger partial charge in [-0.3, -0.25) is 5.41 Å². The molecule has 3 nitrogen and oxygen atoms in total. The van der Waals surface area contributed by atoms with E-state index in [1.54, 1.807) is 7.11 Å². The molecule has 0 amide bonds. The van der Waals surface area contributed by atoms with Gasteiger partial charge in [-0.15, -0.1) is 0 Å². The third-order valence-corrected chi connectivity index (χ3v) is 2.16. The van der Waals surface area contributed by atoms with E-state index in [1.807, 2.05) is 18.2 Å². The van der Waals surface area contributed by atoms with Crippen molar-refractivity contribution < 1.29 is 4.74 Å². The zero-order valence-corrected chi connectivity index (χ0v) is 8.77. The standard InChI is InChI=1S/C10H13ClN2O/c1-14-6-8-3-2-7(4-9(8)11)5-10(12)13/h2-4H,5-6H2,1H3,(H3,12,13). The first-order chi connectivity index (χ1) is 6.63. The highest BCUT2D eigenvalue weighted by molar-refractivity contribution is 6.31. The largest absolute Gasteiger partial charge is 0.387 e. The molecule has 0 atom stereocenters. The number of ether oxygens (including phenoxy) is 1.